The van der Waals surface area contributed by atoms with Crippen molar-refractivity contribution < 1.29 is 8.78 Å². The maximum atomic E-state index is 12.9. The molecule has 2 atom stereocenters. The molecule has 4 heteroatoms. The Kier molecular flexibility index (Phi) is 5.07. The molecule has 0 saturated carbocycles. The van der Waals surface area contributed by atoms with Gasteiger partial charge in [0.1, 0.15) is 0 Å². The third kappa shape index (κ3) is 4.54. The van der Waals surface area contributed by atoms with E-state index in [9.17, 15) is 8.78 Å². The molecule has 0 saturated heterocycles. The molecule has 0 bridgehead atoms. The highest BCUT2D eigenvalue weighted by atomic mass is 127. The van der Waals surface area contributed by atoms with Crippen LogP contribution in [-0.2, 0) is 0 Å². The van der Waals surface area contributed by atoms with Crippen molar-refractivity contribution in [3.8, 4) is 0 Å². The molecular formula is C9H18F2IN. The first kappa shape index (κ1) is 13.5. The van der Waals surface area contributed by atoms with Crippen molar-refractivity contribution in [2.24, 2.45) is 5.41 Å². The zero-order valence-electron chi connectivity index (χ0n) is 8.63. The predicted molar refractivity (Wildman–Crippen MR) is 60.5 cm³/mol. The Balaban J connectivity index is 4.45. The number of alkyl halides is 3. The normalized spacial score (nSPS) is 19.6. The van der Waals surface area contributed by atoms with Gasteiger partial charge < -0.3 is 5.32 Å². The van der Waals surface area contributed by atoms with Crippen LogP contribution in [0.15, 0.2) is 0 Å². The van der Waals surface area contributed by atoms with Crippen molar-refractivity contribution in [3.05, 3.63) is 0 Å². The molecule has 0 fully saturated rings. The lowest BCUT2D eigenvalue weighted by Crippen LogP contribution is -2.41. The van der Waals surface area contributed by atoms with Crippen LogP contribution in [0.1, 0.15) is 33.6 Å². The smallest absolute Gasteiger partial charge is 0.297 e. The van der Waals surface area contributed by atoms with Gasteiger partial charge in [0.25, 0.3) is 3.93 Å². The third-order valence-electron chi connectivity index (χ3n) is 2.89. The fourth-order valence-electron chi connectivity index (χ4n) is 1.39. The summed E-state index contributed by atoms with van der Waals surface area (Å²) in [6.45, 7) is 5.81. The average Bonchev–Trinajstić information content (AvgIpc) is 1.99. The summed E-state index contributed by atoms with van der Waals surface area (Å²) in [5.74, 6) is 0. The highest BCUT2D eigenvalue weighted by Crippen LogP contribution is 2.41. The number of hydrogen-bond donors (Lipinski definition) is 1. The Bertz CT molecular complexity index is 158. The van der Waals surface area contributed by atoms with Crippen LogP contribution in [0.5, 0.6) is 0 Å². The van der Waals surface area contributed by atoms with Crippen LogP contribution < -0.4 is 5.32 Å². The van der Waals surface area contributed by atoms with Crippen LogP contribution in [0, 0.1) is 5.41 Å². The molecule has 0 spiro atoms. The number of halogens is 3. The van der Waals surface area contributed by atoms with Crippen LogP contribution in [0.25, 0.3) is 0 Å². The van der Waals surface area contributed by atoms with Crippen molar-refractivity contribution in [3.63, 3.8) is 0 Å². The molecule has 0 aliphatic carbocycles. The topological polar surface area (TPSA) is 12.0 Å². The summed E-state index contributed by atoms with van der Waals surface area (Å²) in [4.78, 5) is 0. The summed E-state index contributed by atoms with van der Waals surface area (Å²) in [5.41, 5.74) is -0.334. The minimum atomic E-state index is -2.60. The molecule has 1 nitrogen and oxygen atoms in total. The molecule has 0 aliphatic heterocycles. The van der Waals surface area contributed by atoms with Gasteiger partial charge in [0, 0.05) is 12.5 Å². The Labute approximate surface area is 92.8 Å². The molecule has 0 aromatic heterocycles. The Hall–Kier alpha value is 0.550. The summed E-state index contributed by atoms with van der Waals surface area (Å²) in [6.07, 6.45) is 0.687. The molecule has 80 valence electrons. The minimum Gasteiger partial charge on any atom is -0.317 e. The van der Waals surface area contributed by atoms with Crippen molar-refractivity contribution in [1.29, 1.82) is 0 Å². The van der Waals surface area contributed by atoms with Gasteiger partial charge in [0.05, 0.1) is 0 Å². The van der Waals surface area contributed by atoms with Crippen molar-refractivity contribution in [2.75, 3.05) is 7.05 Å². The fourth-order valence-corrected chi connectivity index (χ4v) is 2.26. The molecule has 0 radical (unpaired) electrons. The van der Waals surface area contributed by atoms with E-state index in [0.29, 0.717) is 0 Å². The molecule has 2 unspecified atom stereocenters. The van der Waals surface area contributed by atoms with E-state index in [1.54, 1.807) is 0 Å². The summed E-state index contributed by atoms with van der Waals surface area (Å²) in [5, 5.41) is 3.04. The van der Waals surface area contributed by atoms with E-state index in [4.69, 9.17) is 0 Å². The van der Waals surface area contributed by atoms with Gasteiger partial charge in [-0.1, -0.05) is 13.8 Å². The first-order valence-electron chi connectivity index (χ1n) is 4.49. The van der Waals surface area contributed by atoms with Gasteiger partial charge in [0.2, 0.25) is 0 Å². The van der Waals surface area contributed by atoms with E-state index in [-0.39, 0.29) is 17.9 Å². The van der Waals surface area contributed by atoms with E-state index in [2.05, 4.69) is 5.32 Å². The maximum Gasteiger partial charge on any atom is 0.297 e. The van der Waals surface area contributed by atoms with E-state index >= 15 is 0 Å². The quantitative estimate of drug-likeness (QED) is 0.606. The lowest BCUT2D eigenvalue weighted by atomic mass is 9.78. The molecule has 0 heterocycles. The second-order valence-electron chi connectivity index (χ2n) is 3.81. The zero-order valence-corrected chi connectivity index (χ0v) is 10.8. The lowest BCUT2D eigenvalue weighted by molar-refractivity contribution is 0.0458. The number of nitrogens with one attached hydrogen (secondary N) is 1. The van der Waals surface area contributed by atoms with Gasteiger partial charge in [0.15, 0.2) is 0 Å². The SMILES string of the molecule is CCC(C)(CC(F)(F)I)C(C)NC. The molecule has 0 aromatic rings. The standard InChI is InChI=1S/C9H18F2IN/c1-5-8(3,7(2)13-4)6-9(10,11)12/h7,13H,5-6H2,1-4H3. The largest absolute Gasteiger partial charge is 0.317 e. The second kappa shape index (κ2) is 4.87. The molecular weight excluding hydrogens is 287 g/mol. The average molecular weight is 305 g/mol. The van der Waals surface area contributed by atoms with E-state index in [1.807, 2.05) is 27.8 Å². The van der Waals surface area contributed by atoms with Gasteiger partial charge in [-0.25, -0.2) is 0 Å². The Morgan fingerprint density at radius 3 is 2.15 bits per heavy atom. The van der Waals surface area contributed by atoms with Crippen molar-refractivity contribution in [2.45, 2.75) is 43.6 Å². The molecule has 1 N–H and O–H groups in total. The second-order valence-corrected chi connectivity index (χ2v) is 5.39. The van der Waals surface area contributed by atoms with Crippen LogP contribution in [0.2, 0.25) is 0 Å². The van der Waals surface area contributed by atoms with Gasteiger partial charge in [-0.15, -0.1) is 0 Å². The summed E-state index contributed by atoms with van der Waals surface area (Å²) >= 11 is 1.21. The Morgan fingerprint density at radius 2 is 1.92 bits per heavy atom. The number of hydrogen-bond acceptors (Lipinski definition) is 1. The van der Waals surface area contributed by atoms with Crippen LogP contribution in [0.4, 0.5) is 8.78 Å². The zero-order chi connectivity index (χ0) is 10.7. The van der Waals surface area contributed by atoms with Gasteiger partial charge in [-0.3, -0.25) is 0 Å². The lowest BCUT2D eigenvalue weighted by Gasteiger charge is -2.36. The molecule has 0 amide bonds. The summed E-state index contributed by atoms with van der Waals surface area (Å²) in [6, 6.07) is 0.109. The van der Waals surface area contributed by atoms with Crippen molar-refractivity contribution in [1.82, 2.24) is 5.32 Å². The Morgan fingerprint density at radius 1 is 1.46 bits per heavy atom. The fraction of sp³-hybridized carbons (Fsp3) is 1.00. The molecule has 13 heavy (non-hydrogen) atoms. The highest BCUT2D eigenvalue weighted by molar-refractivity contribution is 14.1. The first-order valence-corrected chi connectivity index (χ1v) is 5.57. The first-order chi connectivity index (χ1) is 5.75. The summed E-state index contributed by atoms with van der Waals surface area (Å²) in [7, 11) is 1.81. The third-order valence-corrected chi connectivity index (χ3v) is 3.27. The highest BCUT2D eigenvalue weighted by Gasteiger charge is 2.38. The maximum absolute atomic E-state index is 12.9. The van der Waals surface area contributed by atoms with Crippen LogP contribution >= 0.6 is 22.6 Å². The molecule has 0 aliphatic rings. The van der Waals surface area contributed by atoms with E-state index in [0.717, 1.165) is 6.42 Å². The molecule has 0 rings (SSSR count). The van der Waals surface area contributed by atoms with Gasteiger partial charge >= 0.3 is 0 Å². The van der Waals surface area contributed by atoms with E-state index in [1.165, 1.54) is 22.6 Å². The van der Waals surface area contributed by atoms with Gasteiger partial charge in [-0.05, 0) is 48.4 Å². The van der Waals surface area contributed by atoms with Gasteiger partial charge in [-0.2, -0.15) is 8.78 Å². The van der Waals surface area contributed by atoms with Crippen LogP contribution in [0.3, 0.4) is 0 Å². The summed E-state index contributed by atoms with van der Waals surface area (Å²) < 4.78 is 23.1. The monoisotopic (exact) mass is 305 g/mol. The number of rotatable bonds is 5. The van der Waals surface area contributed by atoms with Crippen LogP contribution in [-0.4, -0.2) is 17.0 Å². The van der Waals surface area contributed by atoms with Crippen molar-refractivity contribution >= 4 is 22.6 Å². The predicted octanol–water partition coefficient (Wildman–Crippen LogP) is 3.43. The van der Waals surface area contributed by atoms with E-state index < -0.39 is 3.93 Å². The molecule has 0 aromatic carbocycles. The minimum absolute atomic E-state index is 0.0704.